The fourth-order valence-corrected chi connectivity index (χ4v) is 2.04. The quantitative estimate of drug-likeness (QED) is 0.681. The van der Waals surface area contributed by atoms with Gasteiger partial charge in [0, 0.05) is 6.04 Å². The molecule has 1 fully saturated rings. The molecule has 1 aliphatic rings. The number of rotatable bonds is 3. The summed E-state index contributed by atoms with van der Waals surface area (Å²) in [5, 5.41) is 8.64. The minimum absolute atomic E-state index is 0.185. The number of aliphatic carboxylic acids is 1. The second kappa shape index (κ2) is 5.22. The van der Waals surface area contributed by atoms with Gasteiger partial charge in [-0.1, -0.05) is 25.7 Å². The van der Waals surface area contributed by atoms with Crippen LogP contribution in [0.15, 0.2) is 0 Å². The van der Waals surface area contributed by atoms with E-state index in [4.69, 9.17) is 5.11 Å². The van der Waals surface area contributed by atoms with Crippen LogP contribution in [-0.4, -0.2) is 35.6 Å². The Labute approximate surface area is 79.7 Å². The number of carboxylic acids is 1. The van der Waals surface area contributed by atoms with Crippen molar-refractivity contribution < 1.29 is 9.90 Å². The Morgan fingerprint density at radius 1 is 1.31 bits per heavy atom. The van der Waals surface area contributed by atoms with Gasteiger partial charge in [0.2, 0.25) is 0 Å². The van der Waals surface area contributed by atoms with Crippen molar-refractivity contribution >= 4 is 5.97 Å². The first-order valence-corrected chi connectivity index (χ1v) is 5.12. The van der Waals surface area contributed by atoms with Crippen molar-refractivity contribution in [3.63, 3.8) is 0 Å². The zero-order valence-electron chi connectivity index (χ0n) is 8.33. The summed E-state index contributed by atoms with van der Waals surface area (Å²) in [6.45, 7) is 0.185. The molecule has 1 saturated carbocycles. The molecule has 0 saturated heterocycles. The molecular weight excluding hydrogens is 166 g/mol. The van der Waals surface area contributed by atoms with E-state index >= 15 is 0 Å². The molecule has 0 aromatic rings. The summed E-state index contributed by atoms with van der Waals surface area (Å²) in [5.74, 6) is -0.716. The number of carboxylic acid groups (broad SMARTS) is 1. The minimum atomic E-state index is -0.716. The maximum Gasteiger partial charge on any atom is 0.317 e. The smallest absolute Gasteiger partial charge is 0.317 e. The second-order valence-electron chi connectivity index (χ2n) is 3.95. The average molecular weight is 185 g/mol. The molecule has 3 heteroatoms. The van der Waals surface area contributed by atoms with E-state index in [0.29, 0.717) is 6.04 Å². The van der Waals surface area contributed by atoms with E-state index in [9.17, 15) is 4.79 Å². The third-order valence-corrected chi connectivity index (χ3v) is 2.83. The van der Waals surface area contributed by atoms with E-state index in [0.717, 1.165) is 0 Å². The number of hydrogen-bond acceptors (Lipinski definition) is 2. The topological polar surface area (TPSA) is 40.5 Å². The van der Waals surface area contributed by atoms with Crippen LogP contribution >= 0.6 is 0 Å². The van der Waals surface area contributed by atoms with Crippen molar-refractivity contribution in [1.82, 2.24) is 4.90 Å². The number of hydrogen-bond donors (Lipinski definition) is 1. The highest BCUT2D eigenvalue weighted by molar-refractivity contribution is 5.69. The van der Waals surface area contributed by atoms with Gasteiger partial charge in [-0.3, -0.25) is 9.69 Å². The van der Waals surface area contributed by atoms with Gasteiger partial charge in [-0.15, -0.1) is 0 Å². The van der Waals surface area contributed by atoms with Crippen LogP contribution in [0.2, 0.25) is 0 Å². The van der Waals surface area contributed by atoms with Crippen molar-refractivity contribution in [2.75, 3.05) is 13.6 Å². The second-order valence-corrected chi connectivity index (χ2v) is 3.95. The van der Waals surface area contributed by atoms with Crippen molar-refractivity contribution in [3.8, 4) is 0 Å². The Kier molecular flexibility index (Phi) is 4.22. The van der Waals surface area contributed by atoms with Crippen molar-refractivity contribution in [2.45, 2.75) is 44.6 Å². The molecule has 0 aliphatic heterocycles. The zero-order valence-corrected chi connectivity index (χ0v) is 8.33. The van der Waals surface area contributed by atoms with Crippen LogP contribution in [0.1, 0.15) is 38.5 Å². The van der Waals surface area contributed by atoms with Gasteiger partial charge >= 0.3 is 5.97 Å². The molecule has 1 N–H and O–H groups in total. The van der Waals surface area contributed by atoms with Gasteiger partial charge in [-0.25, -0.2) is 0 Å². The molecule has 0 aromatic heterocycles. The van der Waals surface area contributed by atoms with Gasteiger partial charge in [-0.2, -0.15) is 0 Å². The highest BCUT2D eigenvalue weighted by atomic mass is 16.4. The number of carbonyl (C=O) groups is 1. The van der Waals surface area contributed by atoms with Crippen molar-refractivity contribution in [3.05, 3.63) is 0 Å². The molecule has 13 heavy (non-hydrogen) atoms. The summed E-state index contributed by atoms with van der Waals surface area (Å²) >= 11 is 0. The van der Waals surface area contributed by atoms with E-state index in [2.05, 4.69) is 0 Å². The fraction of sp³-hybridized carbons (Fsp3) is 0.900. The third kappa shape index (κ3) is 3.77. The molecule has 1 rings (SSSR count). The summed E-state index contributed by atoms with van der Waals surface area (Å²) in [4.78, 5) is 12.5. The normalized spacial score (nSPS) is 20.2. The van der Waals surface area contributed by atoms with Gasteiger partial charge in [0.1, 0.15) is 0 Å². The molecule has 76 valence electrons. The third-order valence-electron chi connectivity index (χ3n) is 2.83. The maximum atomic E-state index is 10.5. The van der Waals surface area contributed by atoms with Crippen molar-refractivity contribution in [2.24, 2.45) is 0 Å². The molecule has 0 aromatic carbocycles. The number of nitrogens with zero attached hydrogens (tertiary/aromatic N) is 1. The SMILES string of the molecule is CN(CC(=O)O)C1CCCCCC1. The monoisotopic (exact) mass is 185 g/mol. The van der Waals surface area contributed by atoms with Crippen LogP contribution < -0.4 is 0 Å². The lowest BCUT2D eigenvalue weighted by Gasteiger charge is -2.24. The molecular formula is C10H19NO2. The largest absolute Gasteiger partial charge is 0.480 e. The molecule has 0 heterocycles. The number of likely N-dealkylation sites (N-methyl/N-ethyl adjacent to an activating group) is 1. The Balaban J connectivity index is 2.34. The van der Waals surface area contributed by atoms with Crippen LogP contribution in [0.5, 0.6) is 0 Å². The lowest BCUT2D eigenvalue weighted by Crippen LogP contribution is -2.35. The Hall–Kier alpha value is -0.570. The molecule has 3 nitrogen and oxygen atoms in total. The Morgan fingerprint density at radius 2 is 1.85 bits per heavy atom. The van der Waals surface area contributed by atoms with Gasteiger partial charge in [0.15, 0.2) is 0 Å². The lowest BCUT2D eigenvalue weighted by molar-refractivity contribution is -0.138. The maximum absolute atomic E-state index is 10.5. The summed E-state index contributed by atoms with van der Waals surface area (Å²) < 4.78 is 0. The predicted molar refractivity (Wildman–Crippen MR) is 51.8 cm³/mol. The van der Waals surface area contributed by atoms with E-state index in [1.54, 1.807) is 0 Å². The van der Waals surface area contributed by atoms with E-state index in [-0.39, 0.29) is 6.54 Å². The minimum Gasteiger partial charge on any atom is -0.480 e. The van der Waals surface area contributed by atoms with Crippen LogP contribution in [-0.2, 0) is 4.79 Å². The van der Waals surface area contributed by atoms with E-state index in [1.807, 2.05) is 11.9 Å². The molecule has 0 atom stereocenters. The standard InChI is InChI=1S/C10H19NO2/c1-11(8-10(12)13)9-6-4-2-3-5-7-9/h9H,2-8H2,1H3,(H,12,13). The van der Waals surface area contributed by atoms with Crippen LogP contribution in [0.4, 0.5) is 0 Å². The van der Waals surface area contributed by atoms with Gasteiger partial charge in [0.05, 0.1) is 6.54 Å². The zero-order chi connectivity index (χ0) is 9.68. The van der Waals surface area contributed by atoms with Gasteiger partial charge in [0.25, 0.3) is 0 Å². The Morgan fingerprint density at radius 3 is 2.31 bits per heavy atom. The fourth-order valence-electron chi connectivity index (χ4n) is 2.04. The molecule has 1 aliphatic carbocycles. The Bertz CT molecular complexity index is 162. The lowest BCUT2D eigenvalue weighted by atomic mass is 10.1. The summed E-state index contributed by atoms with van der Waals surface area (Å²) in [6, 6.07) is 0.499. The molecule has 0 spiro atoms. The first kappa shape index (κ1) is 10.5. The molecule has 0 unspecified atom stereocenters. The summed E-state index contributed by atoms with van der Waals surface area (Å²) in [7, 11) is 1.92. The molecule has 0 radical (unpaired) electrons. The van der Waals surface area contributed by atoms with Crippen LogP contribution in [0, 0.1) is 0 Å². The highest BCUT2D eigenvalue weighted by Crippen LogP contribution is 2.20. The van der Waals surface area contributed by atoms with Gasteiger partial charge < -0.3 is 5.11 Å². The molecule has 0 bridgehead atoms. The van der Waals surface area contributed by atoms with Crippen LogP contribution in [0.25, 0.3) is 0 Å². The van der Waals surface area contributed by atoms with E-state index < -0.39 is 5.97 Å². The predicted octanol–water partition coefficient (Wildman–Crippen LogP) is 1.73. The molecule has 0 amide bonds. The van der Waals surface area contributed by atoms with Gasteiger partial charge in [-0.05, 0) is 19.9 Å². The van der Waals surface area contributed by atoms with Crippen molar-refractivity contribution in [1.29, 1.82) is 0 Å². The summed E-state index contributed by atoms with van der Waals surface area (Å²) in [6.07, 6.45) is 7.49. The first-order valence-electron chi connectivity index (χ1n) is 5.12. The summed E-state index contributed by atoms with van der Waals surface area (Å²) in [5.41, 5.74) is 0. The average Bonchev–Trinajstić information content (AvgIpc) is 2.29. The highest BCUT2D eigenvalue weighted by Gasteiger charge is 2.18. The van der Waals surface area contributed by atoms with Crippen LogP contribution in [0.3, 0.4) is 0 Å². The first-order chi connectivity index (χ1) is 6.20. The van der Waals surface area contributed by atoms with E-state index in [1.165, 1.54) is 38.5 Å².